The molecule has 0 fully saturated rings. The van der Waals surface area contributed by atoms with E-state index in [9.17, 15) is 10.2 Å². The number of hydrogen-bond donors (Lipinski definition) is 2. The van der Waals surface area contributed by atoms with E-state index in [1.165, 1.54) is 11.1 Å². The SMILES string of the molecule is Cc1cc(C[Si](C)(C)O[Si](C)(C)Cc2ccc(O)c(C)c2)ccc1O. The van der Waals surface area contributed by atoms with E-state index in [4.69, 9.17) is 4.12 Å². The van der Waals surface area contributed by atoms with Gasteiger partial charge >= 0.3 is 0 Å². The van der Waals surface area contributed by atoms with Crippen LogP contribution in [-0.2, 0) is 16.2 Å². The second kappa shape index (κ2) is 7.35. The average molecular weight is 375 g/mol. The summed E-state index contributed by atoms with van der Waals surface area (Å²) in [6, 6.07) is 13.6. The van der Waals surface area contributed by atoms with Crippen LogP contribution in [0.4, 0.5) is 0 Å². The number of hydrogen-bond acceptors (Lipinski definition) is 3. The van der Waals surface area contributed by atoms with E-state index >= 15 is 0 Å². The number of aromatic hydroxyl groups is 2. The van der Waals surface area contributed by atoms with Crippen molar-refractivity contribution in [1.82, 2.24) is 0 Å². The van der Waals surface area contributed by atoms with Gasteiger partial charge in [0.2, 0.25) is 0 Å². The summed E-state index contributed by atoms with van der Waals surface area (Å²) in [5, 5.41) is 19.4. The maximum absolute atomic E-state index is 9.70. The maximum atomic E-state index is 9.70. The zero-order valence-electron chi connectivity index (χ0n) is 16.2. The second-order valence-corrected chi connectivity index (χ2v) is 16.8. The van der Waals surface area contributed by atoms with Crippen molar-refractivity contribution >= 4 is 16.6 Å². The van der Waals surface area contributed by atoms with Crippen molar-refractivity contribution in [3.8, 4) is 11.5 Å². The lowest BCUT2D eigenvalue weighted by molar-refractivity contribution is 0.470. The van der Waals surface area contributed by atoms with Crippen molar-refractivity contribution in [2.45, 2.75) is 52.1 Å². The molecule has 2 aromatic carbocycles. The van der Waals surface area contributed by atoms with Gasteiger partial charge in [0.15, 0.2) is 16.6 Å². The van der Waals surface area contributed by atoms with Crippen LogP contribution in [0.2, 0.25) is 26.2 Å². The van der Waals surface area contributed by atoms with Crippen molar-refractivity contribution in [3.63, 3.8) is 0 Å². The predicted molar refractivity (Wildman–Crippen MR) is 109 cm³/mol. The van der Waals surface area contributed by atoms with Crippen LogP contribution in [0.5, 0.6) is 11.5 Å². The average Bonchev–Trinajstić information content (AvgIpc) is 2.45. The van der Waals surface area contributed by atoms with E-state index < -0.39 is 16.6 Å². The first kappa shape index (κ1) is 19.8. The molecule has 0 aliphatic carbocycles. The summed E-state index contributed by atoms with van der Waals surface area (Å²) in [5.41, 5.74) is 4.30. The molecule has 2 N–H and O–H groups in total. The lowest BCUT2D eigenvalue weighted by Gasteiger charge is -2.34. The monoisotopic (exact) mass is 374 g/mol. The van der Waals surface area contributed by atoms with Gasteiger partial charge in [-0.25, -0.2) is 0 Å². The number of benzene rings is 2. The minimum Gasteiger partial charge on any atom is -0.508 e. The molecule has 0 aliphatic heterocycles. The Morgan fingerprint density at radius 2 is 1.08 bits per heavy atom. The topological polar surface area (TPSA) is 49.7 Å². The van der Waals surface area contributed by atoms with Crippen LogP contribution in [-0.4, -0.2) is 26.8 Å². The number of aryl methyl sites for hydroxylation is 2. The van der Waals surface area contributed by atoms with Crippen LogP contribution in [0.25, 0.3) is 0 Å². The molecule has 0 unspecified atom stereocenters. The first-order chi connectivity index (χ1) is 11.5. The van der Waals surface area contributed by atoms with E-state index in [2.05, 4.69) is 38.3 Å². The maximum Gasteiger partial charge on any atom is 0.177 e. The molecule has 0 aliphatic rings. The summed E-state index contributed by atoms with van der Waals surface area (Å²) in [6.45, 7) is 12.9. The Balaban J connectivity index is 2.08. The van der Waals surface area contributed by atoms with E-state index in [1.807, 2.05) is 26.0 Å². The Kier molecular flexibility index (Phi) is 5.81. The third-order valence-corrected chi connectivity index (χ3v) is 11.3. The Morgan fingerprint density at radius 1 is 0.720 bits per heavy atom. The van der Waals surface area contributed by atoms with Crippen molar-refractivity contribution < 1.29 is 14.3 Å². The van der Waals surface area contributed by atoms with Gasteiger partial charge in [0.25, 0.3) is 0 Å². The summed E-state index contributed by atoms with van der Waals surface area (Å²) in [7, 11) is -3.74. The van der Waals surface area contributed by atoms with E-state index in [-0.39, 0.29) is 0 Å². The van der Waals surface area contributed by atoms with Gasteiger partial charge in [-0.2, -0.15) is 0 Å². The lowest BCUT2D eigenvalue weighted by atomic mass is 10.1. The van der Waals surface area contributed by atoms with Gasteiger partial charge in [0, 0.05) is 0 Å². The highest BCUT2D eigenvalue weighted by Gasteiger charge is 2.33. The minimum absolute atomic E-state index is 0.349. The molecule has 0 aromatic heterocycles. The molecule has 0 atom stereocenters. The zero-order valence-corrected chi connectivity index (χ0v) is 18.2. The Bertz CT molecular complexity index is 691. The highest BCUT2D eigenvalue weighted by atomic mass is 28.4. The van der Waals surface area contributed by atoms with Gasteiger partial charge in [0.1, 0.15) is 11.5 Å². The Labute approximate surface area is 153 Å². The molecule has 0 radical (unpaired) electrons. The second-order valence-electron chi connectivity index (χ2n) is 8.22. The van der Waals surface area contributed by atoms with Crippen molar-refractivity contribution in [2.24, 2.45) is 0 Å². The summed E-state index contributed by atoms with van der Waals surface area (Å²) < 4.78 is 6.73. The van der Waals surface area contributed by atoms with E-state index in [0.29, 0.717) is 11.5 Å². The predicted octanol–water partition coefficient (Wildman–Crippen LogP) is 5.01. The molecule has 0 heterocycles. The van der Waals surface area contributed by atoms with Gasteiger partial charge in [-0.3, -0.25) is 0 Å². The molecule has 0 spiro atoms. The number of rotatable bonds is 6. The largest absolute Gasteiger partial charge is 0.508 e. The molecule has 3 nitrogen and oxygen atoms in total. The molecule has 0 saturated heterocycles. The van der Waals surface area contributed by atoms with Crippen molar-refractivity contribution in [3.05, 3.63) is 58.7 Å². The molecule has 2 aromatic rings. The molecule has 5 heteroatoms. The normalized spacial score (nSPS) is 12.4. The number of phenols is 2. The van der Waals surface area contributed by atoms with Crippen LogP contribution >= 0.6 is 0 Å². The van der Waals surface area contributed by atoms with Crippen molar-refractivity contribution in [1.29, 1.82) is 0 Å². The molecule has 2 rings (SSSR count). The van der Waals surface area contributed by atoms with Crippen LogP contribution < -0.4 is 0 Å². The van der Waals surface area contributed by atoms with Gasteiger partial charge in [-0.05, 0) is 86.5 Å². The van der Waals surface area contributed by atoms with Crippen LogP contribution in [0, 0.1) is 13.8 Å². The smallest absolute Gasteiger partial charge is 0.177 e. The number of phenolic OH excluding ortho intramolecular Hbond substituents is 2. The molecule has 25 heavy (non-hydrogen) atoms. The zero-order chi connectivity index (χ0) is 18.8. The molecule has 0 amide bonds. The minimum atomic E-state index is -1.87. The summed E-state index contributed by atoms with van der Waals surface area (Å²) in [5.74, 6) is 0.697. The van der Waals surface area contributed by atoms with Gasteiger partial charge in [0.05, 0.1) is 0 Å². The van der Waals surface area contributed by atoms with Crippen LogP contribution in [0.15, 0.2) is 36.4 Å². The fraction of sp³-hybridized carbons (Fsp3) is 0.400. The molecule has 0 bridgehead atoms. The van der Waals surface area contributed by atoms with Gasteiger partial charge in [-0.15, -0.1) is 0 Å². The fourth-order valence-electron chi connectivity index (χ4n) is 3.46. The molecule has 136 valence electrons. The third kappa shape index (κ3) is 5.73. The highest BCUT2D eigenvalue weighted by Crippen LogP contribution is 2.26. The Morgan fingerprint density at radius 3 is 1.40 bits per heavy atom. The molecule has 0 saturated carbocycles. The van der Waals surface area contributed by atoms with Gasteiger partial charge in [-0.1, -0.05) is 24.3 Å². The first-order valence-corrected chi connectivity index (χ1v) is 15.0. The quantitative estimate of drug-likeness (QED) is 0.699. The third-order valence-electron chi connectivity index (χ3n) is 4.33. The lowest BCUT2D eigenvalue weighted by Crippen LogP contribution is -2.47. The summed E-state index contributed by atoms with van der Waals surface area (Å²) in [4.78, 5) is 0. The highest BCUT2D eigenvalue weighted by molar-refractivity contribution is 6.84. The first-order valence-electron chi connectivity index (χ1n) is 8.75. The standard InChI is InChI=1S/C20H30O3Si2/c1-15-11-17(7-9-19(15)21)13-24(3,4)23-25(5,6)14-18-8-10-20(22)16(2)12-18/h7-12,21-22H,13-14H2,1-6H3. The molecular weight excluding hydrogens is 344 g/mol. The fourth-order valence-corrected chi connectivity index (χ4v) is 12.4. The van der Waals surface area contributed by atoms with E-state index in [1.54, 1.807) is 12.1 Å². The van der Waals surface area contributed by atoms with Crippen molar-refractivity contribution in [2.75, 3.05) is 0 Å². The van der Waals surface area contributed by atoms with E-state index in [0.717, 1.165) is 23.2 Å². The van der Waals surface area contributed by atoms with Crippen LogP contribution in [0.3, 0.4) is 0 Å². The van der Waals surface area contributed by atoms with Crippen LogP contribution in [0.1, 0.15) is 22.3 Å². The van der Waals surface area contributed by atoms with Gasteiger partial charge < -0.3 is 14.3 Å². The molecular formula is C20H30O3Si2. The summed E-state index contributed by atoms with van der Waals surface area (Å²) in [6.07, 6.45) is 0. The summed E-state index contributed by atoms with van der Waals surface area (Å²) >= 11 is 0. The Hall–Kier alpha value is -1.57.